The van der Waals surface area contributed by atoms with Crippen molar-refractivity contribution in [2.24, 2.45) is 0 Å². The zero-order chi connectivity index (χ0) is 26.0. The normalized spacial score (nSPS) is 12.7. The van der Waals surface area contributed by atoms with E-state index in [0.717, 1.165) is 20.7 Å². The molecule has 0 radical (unpaired) electrons. The molecular weight excluding hydrogens is 591 g/mol. The van der Waals surface area contributed by atoms with Crippen molar-refractivity contribution in [1.82, 2.24) is 9.55 Å². The molecule has 1 heterocycles. The van der Waals surface area contributed by atoms with Crippen molar-refractivity contribution in [2.45, 2.75) is 68.5 Å². The van der Waals surface area contributed by atoms with Gasteiger partial charge in [-0.15, -0.1) is 0 Å². The van der Waals surface area contributed by atoms with E-state index in [4.69, 9.17) is 9.47 Å². The van der Waals surface area contributed by atoms with E-state index in [1.807, 2.05) is 30.3 Å². The second-order valence-corrected chi connectivity index (χ2v) is 19.6. The molecular formula is C26H35IN2O4SSi. The van der Waals surface area contributed by atoms with Crippen LogP contribution in [0.25, 0.3) is 11.4 Å². The first kappa shape index (κ1) is 27.9. The topological polar surface area (TPSA) is 70.4 Å². The Bertz CT molecular complexity index is 1270. The average Bonchev–Trinajstić information content (AvgIpc) is 3.20. The van der Waals surface area contributed by atoms with Crippen LogP contribution in [0.5, 0.6) is 5.75 Å². The highest BCUT2D eigenvalue weighted by atomic mass is 127. The van der Waals surface area contributed by atoms with E-state index in [1.165, 1.54) is 6.20 Å². The minimum atomic E-state index is -3.83. The minimum absolute atomic E-state index is 0.0670. The summed E-state index contributed by atoms with van der Waals surface area (Å²) in [7, 11) is -3.52. The van der Waals surface area contributed by atoms with Gasteiger partial charge < -0.3 is 9.47 Å². The van der Waals surface area contributed by atoms with Crippen LogP contribution in [0.1, 0.15) is 26.3 Å². The number of hydrogen-bond acceptors (Lipinski definition) is 5. The monoisotopic (exact) mass is 626 g/mol. The van der Waals surface area contributed by atoms with E-state index in [0.29, 0.717) is 18.2 Å². The summed E-state index contributed by atoms with van der Waals surface area (Å²) < 4.78 is 41.7. The van der Waals surface area contributed by atoms with Crippen molar-refractivity contribution < 1.29 is 17.9 Å². The van der Waals surface area contributed by atoms with Crippen molar-refractivity contribution in [3.8, 4) is 17.1 Å². The third-order valence-corrected chi connectivity index (χ3v) is 9.89. The third kappa shape index (κ3) is 6.75. The molecule has 3 rings (SSSR count). The lowest BCUT2D eigenvalue weighted by Gasteiger charge is -2.19. The average molecular weight is 627 g/mol. The minimum Gasteiger partial charge on any atom is -0.496 e. The third-order valence-electron chi connectivity index (χ3n) is 5.74. The van der Waals surface area contributed by atoms with Crippen molar-refractivity contribution in [1.29, 1.82) is 0 Å². The SMILES string of the molecule is COc1ccc(I)cc1-c1ncc(S(=O)(=O)c2ccc(C(C)(C)C)cc2)n1COCC[Si](C)(C)C. The van der Waals surface area contributed by atoms with Gasteiger partial charge in [-0.05, 0) is 69.9 Å². The van der Waals surface area contributed by atoms with E-state index < -0.39 is 17.9 Å². The van der Waals surface area contributed by atoms with Crippen molar-refractivity contribution in [2.75, 3.05) is 13.7 Å². The maximum atomic E-state index is 13.7. The first-order chi connectivity index (χ1) is 16.2. The quantitative estimate of drug-likeness (QED) is 0.152. The summed E-state index contributed by atoms with van der Waals surface area (Å²) in [5.41, 5.74) is 1.73. The molecule has 0 aliphatic heterocycles. The van der Waals surface area contributed by atoms with E-state index in [2.05, 4.69) is 68.0 Å². The first-order valence-electron chi connectivity index (χ1n) is 11.6. The maximum absolute atomic E-state index is 13.7. The van der Waals surface area contributed by atoms with Gasteiger partial charge in [0.25, 0.3) is 0 Å². The zero-order valence-corrected chi connectivity index (χ0v) is 25.5. The molecule has 2 aromatic carbocycles. The molecule has 0 aliphatic rings. The second-order valence-electron chi connectivity index (χ2n) is 10.8. The molecule has 0 spiro atoms. The number of rotatable bonds is 9. The van der Waals surface area contributed by atoms with Crippen molar-refractivity contribution in [3.63, 3.8) is 0 Å². The number of benzene rings is 2. The fraction of sp³-hybridized carbons (Fsp3) is 0.423. The van der Waals surface area contributed by atoms with Crippen LogP contribution in [0.4, 0.5) is 0 Å². The zero-order valence-electron chi connectivity index (χ0n) is 21.6. The highest BCUT2D eigenvalue weighted by Gasteiger charge is 2.27. The van der Waals surface area contributed by atoms with E-state index >= 15 is 0 Å². The molecule has 0 atom stereocenters. The predicted molar refractivity (Wildman–Crippen MR) is 152 cm³/mol. The Morgan fingerprint density at radius 2 is 1.71 bits per heavy atom. The molecule has 9 heteroatoms. The Balaban J connectivity index is 2.08. The Hall–Kier alpha value is -1.69. The lowest BCUT2D eigenvalue weighted by Crippen LogP contribution is -2.22. The van der Waals surface area contributed by atoms with Crippen LogP contribution in [-0.2, 0) is 26.7 Å². The molecule has 6 nitrogen and oxygen atoms in total. The van der Waals surface area contributed by atoms with Crippen LogP contribution < -0.4 is 4.74 Å². The molecule has 0 unspecified atom stereocenters. The summed E-state index contributed by atoms with van der Waals surface area (Å²) in [4.78, 5) is 4.77. The highest BCUT2D eigenvalue weighted by Crippen LogP contribution is 2.34. The van der Waals surface area contributed by atoms with Gasteiger partial charge in [0.05, 0.1) is 23.8 Å². The highest BCUT2D eigenvalue weighted by molar-refractivity contribution is 14.1. The lowest BCUT2D eigenvalue weighted by molar-refractivity contribution is 0.0827. The van der Waals surface area contributed by atoms with Gasteiger partial charge in [-0.2, -0.15) is 0 Å². The van der Waals surface area contributed by atoms with Crippen LogP contribution in [0, 0.1) is 3.57 Å². The largest absolute Gasteiger partial charge is 0.496 e. The second kappa shape index (κ2) is 10.7. The Morgan fingerprint density at radius 1 is 1.06 bits per heavy atom. The van der Waals surface area contributed by atoms with Crippen LogP contribution in [0.3, 0.4) is 0 Å². The fourth-order valence-corrected chi connectivity index (χ4v) is 6.16. The number of hydrogen-bond donors (Lipinski definition) is 0. The van der Waals surface area contributed by atoms with Gasteiger partial charge in [0.1, 0.15) is 18.3 Å². The number of halogens is 1. The summed E-state index contributed by atoms with van der Waals surface area (Å²) in [5, 5.41) is 0.102. The number of sulfone groups is 1. The number of nitrogens with zero attached hydrogens (tertiary/aromatic N) is 2. The molecule has 0 saturated heterocycles. The molecule has 0 N–H and O–H groups in total. The summed E-state index contributed by atoms with van der Waals surface area (Å²) in [6, 6.07) is 13.8. The van der Waals surface area contributed by atoms with Crippen molar-refractivity contribution in [3.05, 3.63) is 57.8 Å². The summed E-state index contributed by atoms with van der Waals surface area (Å²) in [5.74, 6) is 1.12. The number of ether oxygens (including phenoxy) is 2. The number of imidazole rings is 1. The Labute approximate surface area is 224 Å². The van der Waals surface area contributed by atoms with E-state index in [9.17, 15) is 8.42 Å². The van der Waals surface area contributed by atoms with Crippen LogP contribution >= 0.6 is 22.6 Å². The van der Waals surface area contributed by atoms with Gasteiger partial charge in [0, 0.05) is 18.3 Å². The van der Waals surface area contributed by atoms with Crippen LogP contribution in [0.2, 0.25) is 25.7 Å². The number of aromatic nitrogens is 2. The lowest BCUT2D eigenvalue weighted by atomic mass is 9.87. The van der Waals surface area contributed by atoms with Crippen LogP contribution in [0.15, 0.2) is 58.6 Å². The fourth-order valence-electron chi connectivity index (χ4n) is 3.56. The van der Waals surface area contributed by atoms with E-state index in [-0.39, 0.29) is 22.1 Å². The molecule has 190 valence electrons. The van der Waals surface area contributed by atoms with Gasteiger partial charge >= 0.3 is 0 Å². The maximum Gasteiger partial charge on any atom is 0.223 e. The molecule has 3 aromatic rings. The molecule has 1 aromatic heterocycles. The van der Waals surface area contributed by atoms with Crippen LogP contribution in [-0.4, -0.2) is 39.8 Å². The van der Waals surface area contributed by atoms with Gasteiger partial charge in [0.15, 0.2) is 5.03 Å². The summed E-state index contributed by atoms with van der Waals surface area (Å²) in [6.07, 6.45) is 1.42. The standard InChI is InChI=1S/C26H35IN2O4SSi/c1-26(2,3)19-8-11-21(12-9-19)34(30,31)24-17-28-25(22-16-20(27)10-13-23(22)32-4)29(24)18-33-14-15-35(5,6)7/h8-13,16-17H,14-15,18H2,1-7H3. The molecule has 0 aliphatic carbocycles. The van der Waals surface area contributed by atoms with Gasteiger partial charge in [-0.3, -0.25) is 4.57 Å². The molecule has 0 bridgehead atoms. The first-order valence-corrected chi connectivity index (χ1v) is 17.8. The smallest absolute Gasteiger partial charge is 0.223 e. The molecule has 0 saturated carbocycles. The van der Waals surface area contributed by atoms with Crippen molar-refractivity contribution >= 4 is 40.5 Å². The molecule has 0 amide bonds. The van der Waals surface area contributed by atoms with Gasteiger partial charge in [-0.25, -0.2) is 13.4 Å². The Morgan fingerprint density at radius 3 is 2.29 bits per heavy atom. The van der Waals surface area contributed by atoms with Gasteiger partial charge in [0.2, 0.25) is 9.84 Å². The van der Waals surface area contributed by atoms with E-state index in [1.54, 1.807) is 23.8 Å². The molecule has 0 fully saturated rings. The summed E-state index contributed by atoms with van der Waals surface area (Å²) >= 11 is 2.22. The molecule has 35 heavy (non-hydrogen) atoms. The summed E-state index contributed by atoms with van der Waals surface area (Å²) in [6.45, 7) is 13.8. The van der Waals surface area contributed by atoms with Gasteiger partial charge in [-0.1, -0.05) is 52.5 Å². The predicted octanol–water partition coefficient (Wildman–Crippen LogP) is 6.61. The number of methoxy groups -OCH3 is 1. The Kier molecular flexibility index (Phi) is 8.55.